The van der Waals surface area contributed by atoms with E-state index in [2.05, 4.69) is 200 Å². The molecule has 10 aromatic carbocycles. The summed E-state index contributed by atoms with van der Waals surface area (Å²) in [5.74, 6) is 1.81. The summed E-state index contributed by atoms with van der Waals surface area (Å²) < 4.78 is 6.53. The number of hydrogen-bond acceptors (Lipinski definition) is 1. The first-order valence-corrected chi connectivity index (χ1v) is 19.4. The predicted octanol–water partition coefficient (Wildman–Crippen LogP) is 14.6. The van der Waals surface area contributed by atoms with Gasteiger partial charge in [0, 0.05) is 10.9 Å². The topological polar surface area (TPSA) is 9.23 Å². The van der Waals surface area contributed by atoms with Crippen molar-refractivity contribution in [3.05, 3.63) is 229 Å². The monoisotopic (exact) mass is 710 g/mol. The van der Waals surface area contributed by atoms with Crippen molar-refractivity contribution in [3.8, 4) is 56.0 Å². The second-order valence-corrected chi connectivity index (χ2v) is 15.1. The minimum absolute atomic E-state index is 0.582. The smallest absolute Gasteiger partial charge is 0.135 e. The molecule has 0 radical (unpaired) electrons. The lowest BCUT2D eigenvalue weighted by Gasteiger charge is -2.34. The van der Waals surface area contributed by atoms with Gasteiger partial charge in [-0.1, -0.05) is 182 Å². The molecule has 0 saturated heterocycles. The maximum absolute atomic E-state index is 6.53. The van der Waals surface area contributed by atoms with E-state index in [0.717, 1.165) is 22.4 Å². The maximum Gasteiger partial charge on any atom is 0.135 e. The highest BCUT2D eigenvalue weighted by Gasteiger charge is 2.47. The molecule has 0 amide bonds. The Labute approximate surface area is 325 Å². The van der Waals surface area contributed by atoms with Crippen molar-refractivity contribution in [3.63, 3.8) is 0 Å². The summed E-state index contributed by atoms with van der Waals surface area (Å²) >= 11 is 0. The molecule has 2 aliphatic rings. The van der Waals surface area contributed by atoms with Crippen molar-refractivity contribution in [1.82, 2.24) is 0 Å². The van der Waals surface area contributed by atoms with Gasteiger partial charge >= 0.3 is 0 Å². The molecule has 1 aliphatic heterocycles. The van der Waals surface area contributed by atoms with Crippen LogP contribution in [0.1, 0.15) is 22.3 Å². The predicted molar refractivity (Wildman–Crippen MR) is 233 cm³/mol. The van der Waals surface area contributed by atoms with Crippen molar-refractivity contribution in [2.45, 2.75) is 5.41 Å². The van der Waals surface area contributed by atoms with Crippen molar-refractivity contribution >= 4 is 32.3 Å². The second-order valence-electron chi connectivity index (χ2n) is 15.1. The van der Waals surface area contributed by atoms with Gasteiger partial charge in [0.1, 0.15) is 11.5 Å². The van der Waals surface area contributed by atoms with E-state index in [9.17, 15) is 0 Å². The van der Waals surface area contributed by atoms with E-state index in [1.54, 1.807) is 0 Å². The second kappa shape index (κ2) is 11.9. The van der Waals surface area contributed by atoms with Gasteiger partial charge in [0.05, 0.1) is 5.41 Å². The summed E-state index contributed by atoms with van der Waals surface area (Å²) in [6, 6.07) is 76.0. The fraction of sp³-hybridized carbons (Fsp3) is 0.0182. The van der Waals surface area contributed by atoms with Gasteiger partial charge in [0.25, 0.3) is 0 Å². The molecule has 1 nitrogen and oxygen atoms in total. The van der Waals surface area contributed by atoms with Gasteiger partial charge in [0.15, 0.2) is 0 Å². The van der Waals surface area contributed by atoms with E-state index >= 15 is 0 Å². The van der Waals surface area contributed by atoms with Gasteiger partial charge < -0.3 is 4.74 Å². The lowest BCUT2D eigenvalue weighted by atomic mass is 9.67. The Morgan fingerprint density at radius 3 is 1.75 bits per heavy atom. The molecule has 260 valence electrons. The van der Waals surface area contributed by atoms with Crippen LogP contribution >= 0.6 is 0 Å². The lowest BCUT2D eigenvalue weighted by Crippen LogP contribution is -2.28. The Kier molecular flexibility index (Phi) is 6.62. The SMILES string of the molecule is c1ccc(C2(c3ccccc3)c3cc(-c4ccc5c6c(cccc46)-c4ccccc4O5)ccc3-c3c2cc2ccccc2c3-c2cccc3ccccc23)cc1. The lowest BCUT2D eigenvalue weighted by molar-refractivity contribution is 0.487. The number of benzene rings is 10. The number of fused-ring (bicyclic) bond motifs is 7. The first kappa shape index (κ1) is 31.2. The largest absolute Gasteiger partial charge is 0.456 e. The fourth-order valence-corrected chi connectivity index (χ4v) is 10.0. The highest BCUT2D eigenvalue weighted by atomic mass is 16.5. The summed E-state index contributed by atoms with van der Waals surface area (Å²) in [6.45, 7) is 0. The maximum atomic E-state index is 6.53. The molecule has 10 aromatic rings. The van der Waals surface area contributed by atoms with Crippen LogP contribution in [0, 0.1) is 0 Å². The molecule has 0 atom stereocenters. The molecule has 0 unspecified atom stereocenters. The summed E-state index contributed by atoms with van der Waals surface area (Å²) in [4.78, 5) is 0. The molecule has 12 rings (SSSR count). The van der Waals surface area contributed by atoms with Crippen LogP contribution in [0.4, 0.5) is 0 Å². The Bertz CT molecular complexity index is 3170. The molecule has 0 aromatic heterocycles. The van der Waals surface area contributed by atoms with Crippen molar-refractivity contribution < 1.29 is 4.74 Å². The third-order valence-electron chi connectivity index (χ3n) is 12.3. The van der Waals surface area contributed by atoms with E-state index in [1.165, 1.54) is 88.1 Å². The number of para-hydroxylation sites is 1. The molecule has 0 saturated carbocycles. The Morgan fingerprint density at radius 1 is 0.321 bits per heavy atom. The van der Waals surface area contributed by atoms with Gasteiger partial charge in [-0.25, -0.2) is 0 Å². The van der Waals surface area contributed by atoms with E-state index < -0.39 is 5.41 Å². The molecule has 1 heterocycles. The van der Waals surface area contributed by atoms with Gasteiger partial charge in [-0.2, -0.15) is 0 Å². The van der Waals surface area contributed by atoms with Gasteiger partial charge in [-0.05, 0) is 112 Å². The van der Waals surface area contributed by atoms with E-state index in [4.69, 9.17) is 4.74 Å². The molecular formula is C55H34O. The van der Waals surface area contributed by atoms with Crippen LogP contribution in [-0.2, 0) is 5.41 Å². The molecule has 0 fully saturated rings. The summed E-state index contributed by atoms with van der Waals surface area (Å²) in [5, 5.41) is 7.36. The number of ether oxygens (including phenoxy) is 1. The Balaban J connectivity index is 1.22. The molecule has 0 N–H and O–H groups in total. The zero-order chi connectivity index (χ0) is 36.8. The molecule has 56 heavy (non-hydrogen) atoms. The van der Waals surface area contributed by atoms with Crippen LogP contribution in [-0.4, -0.2) is 0 Å². The van der Waals surface area contributed by atoms with Crippen molar-refractivity contribution in [2.24, 2.45) is 0 Å². The number of rotatable bonds is 4. The third kappa shape index (κ3) is 4.26. The van der Waals surface area contributed by atoms with E-state index in [-0.39, 0.29) is 0 Å². The minimum Gasteiger partial charge on any atom is -0.456 e. The molecular weight excluding hydrogens is 677 g/mol. The quantitative estimate of drug-likeness (QED) is 0.177. The number of hydrogen-bond donors (Lipinski definition) is 0. The summed E-state index contributed by atoms with van der Waals surface area (Å²) in [6.07, 6.45) is 0. The molecule has 0 bridgehead atoms. The fourth-order valence-electron chi connectivity index (χ4n) is 10.0. The van der Waals surface area contributed by atoms with Crippen LogP contribution < -0.4 is 4.74 Å². The molecule has 0 spiro atoms. The Morgan fingerprint density at radius 2 is 0.929 bits per heavy atom. The van der Waals surface area contributed by atoms with Crippen LogP contribution in [0.3, 0.4) is 0 Å². The highest BCUT2D eigenvalue weighted by Crippen LogP contribution is 2.61. The van der Waals surface area contributed by atoms with Gasteiger partial charge in [-0.3, -0.25) is 0 Å². The normalized spacial score (nSPS) is 13.3. The van der Waals surface area contributed by atoms with Crippen LogP contribution in [0.2, 0.25) is 0 Å². The zero-order valence-electron chi connectivity index (χ0n) is 30.5. The minimum atomic E-state index is -0.582. The van der Waals surface area contributed by atoms with Crippen LogP contribution in [0.15, 0.2) is 206 Å². The van der Waals surface area contributed by atoms with Gasteiger partial charge in [0.2, 0.25) is 0 Å². The summed E-state index contributed by atoms with van der Waals surface area (Å²) in [7, 11) is 0. The first-order chi connectivity index (χ1) is 27.8. The Hall–Kier alpha value is -7.22. The molecule has 1 aliphatic carbocycles. The van der Waals surface area contributed by atoms with Crippen LogP contribution in [0.25, 0.3) is 76.8 Å². The van der Waals surface area contributed by atoms with Crippen molar-refractivity contribution in [2.75, 3.05) is 0 Å². The van der Waals surface area contributed by atoms with Crippen LogP contribution in [0.5, 0.6) is 11.5 Å². The third-order valence-corrected chi connectivity index (χ3v) is 12.3. The molecule has 1 heteroatoms. The van der Waals surface area contributed by atoms with E-state index in [0.29, 0.717) is 0 Å². The summed E-state index contributed by atoms with van der Waals surface area (Å²) in [5.41, 5.74) is 14.4. The standard InChI is InChI=1S/C55H34O/c1-3-18-38(19-4-1)55(39-20-5-2-6-21-39)48-33-37(41-31-32-51-52-44(41)26-14-27-46(52)43-24-11-12-28-50(43)56-51)29-30-47(48)54-49(55)34-36-16-8-10-23-42(36)53(54)45-25-13-17-35-15-7-9-22-40(35)45/h1-34H. The highest BCUT2D eigenvalue weighted by molar-refractivity contribution is 6.15. The zero-order valence-corrected chi connectivity index (χ0v) is 30.5. The van der Waals surface area contributed by atoms with E-state index in [1.807, 2.05) is 6.07 Å². The average molecular weight is 711 g/mol. The van der Waals surface area contributed by atoms with Gasteiger partial charge in [-0.15, -0.1) is 0 Å². The van der Waals surface area contributed by atoms with Crippen molar-refractivity contribution in [1.29, 1.82) is 0 Å². The average Bonchev–Trinajstić information content (AvgIpc) is 3.56. The first-order valence-electron chi connectivity index (χ1n) is 19.4.